The molecule has 1 aromatic carbocycles. The average Bonchev–Trinajstić information content (AvgIpc) is 2.86. The van der Waals surface area contributed by atoms with Crippen LogP contribution in [0.25, 0.3) is 0 Å². The van der Waals surface area contributed by atoms with Gasteiger partial charge in [-0.15, -0.1) is 0 Å². The van der Waals surface area contributed by atoms with Crippen molar-refractivity contribution >= 4 is 15.7 Å². The summed E-state index contributed by atoms with van der Waals surface area (Å²) >= 11 is 0. The molecule has 1 fully saturated rings. The molecule has 5 nitrogen and oxygen atoms in total. The lowest BCUT2D eigenvalue weighted by molar-refractivity contribution is 0.0624. The van der Waals surface area contributed by atoms with Crippen molar-refractivity contribution in [3.63, 3.8) is 0 Å². The fourth-order valence-corrected chi connectivity index (χ4v) is 4.67. The van der Waals surface area contributed by atoms with Gasteiger partial charge in [0, 0.05) is 25.3 Å². The molecule has 6 heteroatoms. The maximum Gasteiger partial charge on any atom is 0.254 e. The molecule has 1 amide bonds. The molecule has 0 N–H and O–H groups in total. The summed E-state index contributed by atoms with van der Waals surface area (Å²) < 4.78 is 28.6. The molecule has 0 bridgehead atoms. The lowest BCUT2D eigenvalue weighted by atomic mass is 9.86. The molecule has 0 radical (unpaired) electrons. The molecule has 0 spiro atoms. The van der Waals surface area contributed by atoms with E-state index in [2.05, 4.69) is 20.8 Å². The van der Waals surface area contributed by atoms with Crippen molar-refractivity contribution in [3.05, 3.63) is 35.4 Å². The first kappa shape index (κ1) is 18.9. The summed E-state index contributed by atoms with van der Waals surface area (Å²) in [5, 5.41) is 0. The fraction of sp³-hybridized carbons (Fsp3) is 0.611. The number of carbonyl (C=O) groups is 1. The minimum atomic E-state index is -3.04. The van der Waals surface area contributed by atoms with Crippen molar-refractivity contribution in [3.8, 4) is 0 Å². The van der Waals surface area contributed by atoms with Crippen LogP contribution >= 0.6 is 0 Å². The quantitative estimate of drug-likeness (QED) is 0.814. The van der Waals surface area contributed by atoms with Crippen LogP contribution in [-0.2, 0) is 20.0 Å². The van der Waals surface area contributed by atoms with Crippen molar-refractivity contribution in [2.45, 2.75) is 38.6 Å². The first-order valence-corrected chi connectivity index (χ1v) is 10.1. The van der Waals surface area contributed by atoms with Crippen LogP contribution in [0.3, 0.4) is 0 Å². The highest BCUT2D eigenvalue weighted by Crippen LogP contribution is 2.24. The van der Waals surface area contributed by atoms with Crippen LogP contribution < -0.4 is 0 Å². The Kier molecular flexibility index (Phi) is 5.71. The van der Waals surface area contributed by atoms with Gasteiger partial charge in [-0.1, -0.05) is 32.9 Å². The largest absolute Gasteiger partial charge is 0.383 e. The van der Waals surface area contributed by atoms with Crippen molar-refractivity contribution < 1.29 is 17.9 Å². The van der Waals surface area contributed by atoms with Crippen LogP contribution in [0, 0.1) is 0 Å². The van der Waals surface area contributed by atoms with E-state index in [0.717, 1.165) is 5.56 Å². The number of hydrogen-bond acceptors (Lipinski definition) is 4. The van der Waals surface area contributed by atoms with Gasteiger partial charge < -0.3 is 9.64 Å². The zero-order valence-electron chi connectivity index (χ0n) is 14.9. The molecular weight excluding hydrogens is 326 g/mol. The summed E-state index contributed by atoms with van der Waals surface area (Å²) in [6.07, 6.45) is 0.498. The zero-order valence-corrected chi connectivity index (χ0v) is 15.7. The molecule has 1 saturated heterocycles. The average molecular weight is 353 g/mol. The van der Waals surface area contributed by atoms with E-state index in [0.29, 0.717) is 25.1 Å². The Hall–Kier alpha value is -1.40. The Balaban J connectivity index is 2.21. The second-order valence-electron chi connectivity index (χ2n) is 7.38. The van der Waals surface area contributed by atoms with Gasteiger partial charge in [0.1, 0.15) is 0 Å². The van der Waals surface area contributed by atoms with Crippen LogP contribution in [0.2, 0.25) is 0 Å². The lowest BCUT2D eigenvalue weighted by Gasteiger charge is -2.28. The maximum absolute atomic E-state index is 12.9. The van der Waals surface area contributed by atoms with Gasteiger partial charge in [0.25, 0.3) is 5.91 Å². The van der Waals surface area contributed by atoms with Crippen molar-refractivity contribution in [1.29, 1.82) is 0 Å². The summed E-state index contributed by atoms with van der Waals surface area (Å²) in [6, 6.07) is 7.32. The molecule has 0 aromatic heterocycles. The molecule has 134 valence electrons. The molecule has 0 aliphatic carbocycles. The molecule has 1 heterocycles. The minimum Gasteiger partial charge on any atom is -0.383 e. The highest BCUT2D eigenvalue weighted by atomic mass is 32.2. The molecule has 1 atom stereocenters. The number of ether oxygens (including phenoxy) is 1. The van der Waals surface area contributed by atoms with Crippen LogP contribution in [0.4, 0.5) is 0 Å². The molecule has 1 aliphatic rings. The Labute approximate surface area is 144 Å². The Morgan fingerprint density at radius 3 is 2.33 bits per heavy atom. The molecule has 0 unspecified atom stereocenters. The SMILES string of the molecule is COCCN(C(=O)c1ccc(C(C)(C)C)cc1)[C@@H]1CCS(=O)(=O)C1. The standard InChI is InChI=1S/C18H27NO4S/c1-18(2,3)15-7-5-14(6-8-15)17(20)19(10-11-23-4)16-9-12-24(21,22)13-16/h5-8,16H,9-13H2,1-4H3/t16-/m1/s1. The molecule has 2 rings (SSSR count). The topological polar surface area (TPSA) is 63.7 Å². The van der Waals surface area contributed by atoms with Gasteiger partial charge in [-0.3, -0.25) is 4.79 Å². The van der Waals surface area contributed by atoms with Gasteiger partial charge in [-0.05, 0) is 29.5 Å². The number of amides is 1. The fourth-order valence-electron chi connectivity index (χ4n) is 2.94. The molecule has 24 heavy (non-hydrogen) atoms. The van der Waals surface area contributed by atoms with Crippen LogP contribution in [0.15, 0.2) is 24.3 Å². The summed E-state index contributed by atoms with van der Waals surface area (Å²) in [4.78, 5) is 14.5. The number of nitrogens with zero attached hydrogens (tertiary/aromatic N) is 1. The number of carbonyl (C=O) groups excluding carboxylic acids is 1. The van der Waals surface area contributed by atoms with Crippen molar-refractivity contribution in [2.75, 3.05) is 31.8 Å². The maximum atomic E-state index is 12.9. The Bertz CT molecular complexity index is 674. The minimum absolute atomic E-state index is 0.0246. The third-order valence-electron chi connectivity index (χ3n) is 4.44. The molecule has 1 aliphatic heterocycles. The number of benzene rings is 1. The van der Waals surface area contributed by atoms with Crippen LogP contribution in [0.1, 0.15) is 43.1 Å². The second kappa shape index (κ2) is 7.23. The van der Waals surface area contributed by atoms with Gasteiger partial charge in [0.2, 0.25) is 0 Å². The van der Waals surface area contributed by atoms with E-state index in [1.165, 1.54) is 0 Å². The summed E-state index contributed by atoms with van der Waals surface area (Å²) in [7, 11) is -1.47. The van der Waals surface area contributed by atoms with Crippen LogP contribution in [0.5, 0.6) is 0 Å². The van der Waals surface area contributed by atoms with E-state index < -0.39 is 9.84 Å². The van der Waals surface area contributed by atoms with E-state index >= 15 is 0 Å². The first-order valence-electron chi connectivity index (χ1n) is 8.25. The summed E-state index contributed by atoms with van der Waals surface area (Å²) in [5.74, 6) is 0.0644. The van der Waals surface area contributed by atoms with Crippen molar-refractivity contribution in [2.24, 2.45) is 0 Å². The highest BCUT2D eigenvalue weighted by Gasteiger charge is 2.34. The predicted molar refractivity (Wildman–Crippen MR) is 95.1 cm³/mol. The van der Waals surface area contributed by atoms with E-state index in [-0.39, 0.29) is 28.9 Å². The van der Waals surface area contributed by atoms with E-state index in [1.807, 2.05) is 24.3 Å². The Morgan fingerprint density at radius 2 is 1.88 bits per heavy atom. The third kappa shape index (κ3) is 4.57. The van der Waals surface area contributed by atoms with Crippen LogP contribution in [-0.4, -0.2) is 57.0 Å². The van der Waals surface area contributed by atoms with Gasteiger partial charge in [-0.2, -0.15) is 0 Å². The molecule has 1 aromatic rings. The highest BCUT2D eigenvalue weighted by molar-refractivity contribution is 7.91. The summed E-state index contributed by atoms with van der Waals surface area (Å²) in [6.45, 7) is 7.16. The summed E-state index contributed by atoms with van der Waals surface area (Å²) in [5.41, 5.74) is 1.77. The third-order valence-corrected chi connectivity index (χ3v) is 6.19. The van der Waals surface area contributed by atoms with E-state index in [9.17, 15) is 13.2 Å². The van der Waals surface area contributed by atoms with Gasteiger partial charge in [-0.25, -0.2) is 8.42 Å². The zero-order chi connectivity index (χ0) is 18.0. The number of hydrogen-bond donors (Lipinski definition) is 0. The predicted octanol–water partition coefficient (Wildman–Crippen LogP) is 2.26. The van der Waals surface area contributed by atoms with Crippen molar-refractivity contribution in [1.82, 2.24) is 4.90 Å². The number of sulfone groups is 1. The lowest BCUT2D eigenvalue weighted by Crippen LogP contribution is -2.43. The van der Waals surface area contributed by atoms with E-state index in [4.69, 9.17) is 4.74 Å². The molecular formula is C18H27NO4S. The second-order valence-corrected chi connectivity index (χ2v) is 9.60. The molecule has 0 saturated carbocycles. The number of methoxy groups -OCH3 is 1. The van der Waals surface area contributed by atoms with Gasteiger partial charge in [0.05, 0.1) is 18.1 Å². The van der Waals surface area contributed by atoms with Gasteiger partial charge >= 0.3 is 0 Å². The smallest absolute Gasteiger partial charge is 0.254 e. The monoisotopic (exact) mass is 353 g/mol. The van der Waals surface area contributed by atoms with E-state index in [1.54, 1.807) is 12.0 Å². The number of rotatable bonds is 5. The normalized spacial score (nSPS) is 20.1. The first-order chi connectivity index (χ1) is 11.1. The van der Waals surface area contributed by atoms with Gasteiger partial charge in [0.15, 0.2) is 9.84 Å². The Morgan fingerprint density at radius 1 is 1.25 bits per heavy atom.